The predicted molar refractivity (Wildman–Crippen MR) is 82.6 cm³/mol. The standard InChI is InChI=1S/C13H15BrINO2/c1-8-7-16(5-4-12(8)17)13(18)10-6-9(15)2-3-11(10)14/h2-3,6,8,12,17H,4-5,7H2,1H3. The summed E-state index contributed by atoms with van der Waals surface area (Å²) in [5, 5.41) is 9.70. The van der Waals surface area contributed by atoms with E-state index in [1.165, 1.54) is 0 Å². The van der Waals surface area contributed by atoms with Gasteiger partial charge in [-0.1, -0.05) is 6.92 Å². The lowest BCUT2D eigenvalue weighted by Gasteiger charge is -2.34. The van der Waals surface area contributed by atoms with Crippen molar-refractivity contribution in [3.05, 3.63) is 31.8 Å². The zero-order valence-electron chi connectivity index (χ0n) is 10.1. The van der Waals surface area contributed by atoms with Crippen LogP contribution in [0.4, 0.5) is 0 Å². The molecule has 98 valence electrons. The first kappa shape index (κ1) is 14.3. The van der Waals surface area contributed by atoms with Gasteiger partial charge in [-0.15, -0.1) is 0 Å². The van der Waals surface area contributed by atoms with Crippen molar-refractivity contribution < 1.29 is 9.90 Å². The number of hydrogen-bond donors (Lipinski definition) is 1. The molecular weight excluding hydrogens is 409 g/mol. The Morgan fingerprint density at radius 2 is 2.28 bits per heavy atom. The molecule has 1 heterocycles. The molecule has 0 saturated carbocycles. The normalized spacial score (nSPS) is 24.1. The average Bonchev–Trinajstić information content (AvgIpc) is 2.35. The summed E-state index contributed by atoms with van der Waals surface area (Å²) in [6.45, 7) is 3.23. The van der Waals surface area contributed by atoms with Crippen LogP contribution in [0.5, 0.6) is 0 Å². The van der Waals surface area contributed by atoms with E-state index >= 15 is 0 Å². The van der Waals surface area contributed by atoms with Crippen LogP contribution >= 0.6 is 38.5 Å². The van der Waals surface area contributed by atoms with E-state index in [-0.39, 0.29) is 17.9 Å². The molecule has 0 radical (unpaired) electrons. The molecule has 1 amide bonds. The number of hydrogen-bond acceptors (Lipinski definition) is 2. The number of carbonyl (C=O) groups excluding carboxylic acids is 1. The highest BCUT2D eigenvalue weighted by atomic mass is 127. The fraction of sp³-hybridized carbons (Fsp3) is 0.462. The summed E-state index contributed by atoms with van der Waals surface area (Å²) in [5.41, 5.74) is 0.700. The first-order chi connectivity index (χ1) is 8.49. The third-order valence-corrected chi connectivity index (χ3v) is 4.67. The minimum Gasteiger partial charge on any atom is -0.393 e. The highest BCUT2D eigenvalue weighted by molar-refractivity contribution is 14.1. The van der Waals surface area contributed by atoms with Crippen LogP contribution in [0.15, 0.2) is 22.7 Å². The summed E-state index contributed by atoms with van der Waals surface area (Å²) in [4.78, 5) is 14.3. The van der Waals surface area contributed by atoms with Gasteiger partial charge in [0.05, 0.1) is 11.7 Å². The molecule has 1 saturated heterocycles. The topological polar surface area (TPSA) is 40.5 Å². The van der Waals surface area contributed by atoms with Crippen LogP contribution in [0, 0.1) is 9.49 Å². The van der Waals surface area contributed by atoms with Crippen LogP contribution in [0.3, 0.4) is 0 Å². The smallest absolute Gasteiger partial charge is 0.255 e. The molecule has 5 heteroatoms. The van der Waals surface area contributed by atoms with Crippen LogP contribution in [-0.2, 0) is 0 Å². The molecule has 18 heavy (non-hydrogen) atoms. The van der Waals surface area contributed by atoms with Gasteiger partial charge in [0.15, 0.2) is 0 Å². The summed E-state index contributed by atoms with van der Waals surface area (Å²) >= 11 is 5.63. The average molecular weight is 424 g/mol. The number of halogens is 2. The van der Waals surface area contributed by atoms with Gasteiger partial charge in [0.25, 0.3) is 5.91 Å². The zero-order valence-corrected chi connectivity index (χ0v) is 13.8. The summed E-state index contributed by atoms with van der Waals surface area (Å²) in [7, 11) is 0. The van der Waals surface area contributed by atoms with E-state index in [2.05, 4.69) is 38.5 Å². The second-order valence-electron chi connectivity index (χ2n) is 4.71. The van der Waals surface area contributed by atoms with Crippen molar-refractivity contribution in [2.75, 3.05) is 13.1 Å². The van der Waals surface area contributed by atoms with Crippen LogP contribution in [0.25, 0.3) is 0 Å². The fourth-order valence-electron chi connectivity index (χ4n) is 2.15. The Balaban J connectivity index is 2.19. The second-order valence-corrected chi connectivity index (χ2v) is 6.81. The lowest BCUT2D eigenvalue weighted by Crippen LogP contribution is -2.45. The van der Waals surface area contributed by atoms with E-state index in [0.717, 1.165) is 8.04 Å². The molecule has 1 aromatic carbocycles. The largest absolute Gasteiger partial charge is 0.393 e. The van der Waals surface area contributed by atoms with Gasteiger partial charge < -0.3 is 10.0 Å². The Hall–Kier alpha value is -0.140. The molecule has 2 rings (SSSR count). The maximum atomic E-state index is 12.4. The SMILES string of the molecule is CC1CN(C(=O)c2cc(I)ccc2Br)CCC1O. The molecule has 0 bridgehead atoms. The quantitative estimate of drug-likeness (QED) is 0.705. The molecule has 0 aromatic heterocycles. The summed E-state index contributed by atoms with van der Waals surface area (Å²) < 4.78 is 1.87. The molecule has 2 atom stereocenters. The predicted octanol–water partition coefficient (Wildman–Crippen LogP) is 2.90. The summed E-state index contributed by atoms with van der Waals surface area (Å²) in [6.07, 6.45) is 0.377. The van der Waals surface area contributed by atoms with Gasteiger partial charge in [0.1, 0.15) is 0 Å². The Morgan fingerprint density at radius 1 is 1.56 bits per heavy atom. The van der Waals surface area contributed by atoms with Gasteiger partial charge in [-0.25, -0.2) is 0 Å². The van der Waals surface area contributed by atoms with Gasteiger partial charge in [-0.05, 0) is 69.1 Å². The number of rotatable bonds is 1. The number of likely N-dealkylation sites (tertiary alicyclic amines) is 1. The maximum absolute atomic E-state index is 12.4. The molecule has 0 spiro atoms. The third-order valence-electron chi connectivity index (χ3n) is 3.31. The fourth-order valence-corrected chi connectivity index (χ4v) is 3.06. The van der Waals surface area contributed by atoms with Crippen molar-refractivity contribution >= 4 is 44.4 Å². The molecular formula is C13H15BrINO2. The van der Waals surface area contributed by atoms with Crippen molar-refractivity contribution in [1.29, 1.82) is 0 Å². The van der Waals surface area contributed by atoms with E-state index in [1.807, 2.05) is 30.0 Å². The Kier molecular flexibility index (Phi) is 4.66. The molecule has 3 nitrogen and oxygen atoms in total. The van der Waals surface area contributed by atoms with E-state index in [9.17, 15) is 9.90 Å². The second kappa shape index (κ2) is 5.88. The first-order valence-electron chi connectivity index (χ1n) is 5.91. The lowest BCUT2D eigenvalue weighted by atomic mass is 9.96. The van der Waals surface area contributed by atoms with Crippen LogP contribution in [0.1, 0.15) is 23.7 Å². The van der Waals surface area contributed by atoms with E-state index in [1.54, 1.807) is 0 Å². The van der Waals surface area contributed by atoms with Gasteiger partial charge in [-0.3, -0.25) is 4.79 Å². The number of aliphatic hydroxyl groups excluding tert-OH is 1. The van der Waals surface area contributed by atoms with Crippen molar-refractivity contribution in [1.82, 2.24) is 4.90 Å². The first-order valence-corrected chi connectivity index (χ1v) is 7.78. The minimum absolute atomic E-state index is 0.0409. The Morgan fingerprint density at radius 3 is 2.94 bits per heavy atom. The minimum atomic E-state index is -0.284. The monoisotopic (exact) mass is 423 g/mol. The Labute approximate surface area is 129 Å². The molecule has 0 aliphatic carbocycles. The highest BCUT2D eigenvalue weighted by Crippen LogP contribution is 2.24. The number of aliphatic hydroxyl groups is 1. The summed E-state index contributed by atoms with van der Waals surface area (Å²) in [5.74, 6) is 0.184. The van der Waals surface area contributed by atoms with Crippen LogP contribution in [-0.4, -0.2) is 35.1 Å². The molecule has 1 N–H and O–H groups in total. The van der Waals surface area contributed by atoms with Crippen molar-refractivity contribution in [2.24, 2.45) is 5.92 Å². The van der Waals surface area contributed by atoms with Gasteiger partial charge >= 0.3 is 0 Å². The van der Waals surface area contributed by atoms with Crippen molar-refractivity contribution in [3.63, 3.8) is 0 Å². The van der Waals surface area contributed by atoms with Gasteiger partial charge in [0.2, 0.25) is 0 Å². The van der Waals surface area contributed by atoms with Crippen LogP contribution in [0.2, 0.25) is 0 Å². The van der Waals surface area contributed by atoms with Gasteiger partial charge in [0, 0.05) is 21.1 Å². The van der Waals surface area contributed by atoms with E-state index in [0.29, 0.717) is 25.1 Å². The van der Waals surface area contributed by atoms with E-state index in [4.69, 9.17) is 0 Å². The summed E-state index contributed by atoms with van der Waals surface area (Å²) in [6, 6.07) is 5.75. The number of amides is 1. The number of carbonyl (C=O) groups is 1. The number of piperidine rings is 1. The van der Waals surface area contributed by atoms with Gasteiger partial charge in [-0.2, -0.15) is 0 Å². The van der Waals surface area contributed by atoms with Crippen molar-refractivity contribution in [2.45, 2.75) is 19.4 Å². The van der Waals surface area contributed by atoms with Crippen molar-refractivity contribution in [3.8, 4) is 0 Å². The number of benzene rings is 1. The lowest BCUT2D eigenvalue weighted by molar-refractivity contribution is 0.0297. The molecule has 1 fully saturated rings. The molecule has 1 aliphatic rings. The zero-order chi connectivity index (χ0) is 13.3. The molecule has 1 aliphatic heterocycles. The van der Waals surface area contributed by atoms with Crippen LogP contribution < -0.4 is 0 Å². The number of nitrogens with zero attached hydrogens (tertiary/aromatic N) is 1. The Bertz CT molecular complexity index is 466. The maximum Gasteiger partial charge on any atom is 0.255 e. The van der Waals surface area contributed by atoms with E-state index < -0.39 is 0 Å². The third kappa shape index (κ3) is 3.05. The highest BCUT2D eigenvalue weighted by Gasteiger charge is 2.28. The molecule has 2 unspecified atom stereocenters. The molecule has 1 aromatic rings.